The number of nitrogens with zero attached hydrogens (tertiary/aromatic N) is 2. The molecule has 4 nitrogen and oxygen atoms in total. The lowest BCUT2D eigenvalue weighted by atomic mass is 10.3. The van der Waals surface area contributed by atoms with Crippen LogP contribution in [0.4, 0.5) is 0 Å². The smallest absolute Gasteiger partial charge is 0.224 e. The third-order valence-corrected chi connectivity index (χ3v) is 1.52. The molecular formula is C9H12N2O2. The van der Waals surface area contributed by atoms with Crippen molar-refractivity contribution in [1.29, 1.82) is 0 Å². The Labute approximate surface area is 76.8 Å². The van der Waals surface area contributed by atoms with E-state index in [1.165, 1.54) is 12.3 Å². The van der Waals surface area contributed by atoms with Crippen LogP contribution in [-0.2, 0) is 11.8 Å². The van der Waals surface area contributed by atoms with Crippen LogP contribution in [0, 0.1) is 0 Å². The van der Waals surface area contributed by atoms with Crippen LogP contribution in [-0.4, -0.2) is 21.9 Å². The van der Waals surface area contributed by atoms with Crippen LogP contribution in [0.15, 0.2) is 24.7 Å². The monoisotopic (exact) mass is 180 g/mol. The molecule has 0 aliphatic carbocycles. The highest BCUT2D eigenvalue weighted by molar-refractivity contribution is 6.01. The fraction of sp³-hybridized carbons (Fsp3) is 0.333. The standard InChI is InChI=1S/C9H12N2O2/c1-3-13-7-4-8(12)9-10-5-6-11(9)2/h4-7H,3H2,1-2H3/b7-4+. The van der Waals surface area contributed by atoms with E-state index in [9.17, 15) is 4.79 Å². The molecule has 0 bridgehead atoms. The summed E-state index contributed by atoms with van der Waals surface area (Å²) in [5, 5.41) is 0. The number of allylic oxidation sites excluding steroid dienone is 1. The molecule has 4 heteroatoms. The van der Waals surface area contributed by atoms with E-state index in [-0.39, 0.29) is 5.78 Å². The second-order valence-electron chi connectivity index (χ2n) is 2.48. The Kier molecular flexibility index (Phi) is 3.25. The van der Waals surface area contributed by atoms with E-state index in [1.807, 2.05) is 6.92 Å². The summed E-state index contributed by atoms with van der Waals surface area (Å²) < 4.78 is 6.57. The average Bonchev–Trinajstić information content (AvgIpc) is 2.52. The molecule has 0 amide bonds. The van der Waals surface area contributed by atoms with Gasteiger partial charge in [-0.3, -0.25) is 4.79 Å². The first-order valence-electron chi connectivity index (χ1n) is 4.05. The predicted molar refractivity (Wildman–Crippen MR) is 48.3 cm³/mol. The molecule has 0 aliphatic heterocycles. The summed E-state index contributed by atoms with van der Waals surface area (Å²) >= 11 is 0. The van der Waals surface area contributed by atoms with Crippen LogP contribution < -0.4 is 0 Å². The van der Waals surface area contributed by atoms with Gasteiger partial charge in [0.05, 0.1) is 12.9 Å². The Morgan fingerprint density at radius 3 is 3.08 bits per heavy atom. The van der Waals surface area contributed by atoms with Crippen LogP contribution in [0.25, 0.3) is 0 Å². The molecule has 1 aromatic rings. The first-order valence-corrected chi connectivity index (χ1v) is 4.05. The van der Waals surface area contributed by atoms with Crippen molar-refractivity contribution in [2.24, 2.45) is 7.05 Å². The molecule has 0 unspecified atom stereocenters. The lowest BCUT2D eigenvalue weighted by Gasteiger charge is -1.95. The highest BCUT2D eigenvalue weighted by Crippen LogP contribution is 1.96. The summed E-state index contributed by atoms with van der Waals surface area (Å²) in [6.07, 6.45) is 6.06. The third-order valence-electron chi connectivity index (χ3n) is 1.52. The van der Waals surface area contributed by atoms with Crippen molar-refractivity contribution in [3.8, 4) is 0 Å². The fourth-order valence-electron chi connectivity index (χ4n) is 0.884. The summed E-state index contributed by atoms with van der Waals surface area (Å²) in [7, 11) is 1.77. The molecule has 1 heterocycles. The number of carbonyl (C=O) groups is 1. The van der Waals surface area contributed by atoms with E-state index in [4.69, 9.17) is 4.74 Å². The number of aryl methyl sites for hydroxylation is 1. The number of ether oxygens (including phenoxy) is 1. The minimum Gasteiger partial charge on any atom is -0.501 e. The van der Waals surface area contributed by atoms with Gasteiger partial charge >= 0.3 is 0 Å². The maximum absolute atomic E-state index is 11.4. The predicted octanol–water partition coefficient (Wildman–Crippen LogP) is 1.15. The molecule has 1 rings (SSSR count). The number of imidazole rings is 1. The zero-order valence-electron chi connectivity index (χ0n) is 7.73. The Morgan fingerprint density at radius 2 is 2.54 bits per heavy atom. The first kappa shape index (κ1) is 9.51. The zero-order chi connectivity index (χ0) is 9.68. The summed E-state index contributed by atoms with van der Waals surface area (Å²) in [5.74, 6) is 0.261. The fourth-order valence-corrected chi connectivity index (χ4v) is 0.884. The van der Waals surface area contributed by atoms with Crippen molar-refractivity contribution in [3.05, 3.63) is 30.6 Å². The summed E-state index contributed by atoms with van der Waals surface area (Å²) in [6, 6.07) is 0. The van der Waals surface area contributed by atoms with E-state index >= 15 is 0 Å². The minimum absolute atomic E-state index is 0.152. The molecule has 0 fully saturated rings. The van der Waals surface area contributed by atoms with Crippen LogP contribution >= 0.6 is 0 Å². The number of ketones is 1. The normalized spacial score (nSPS) is 10.6. The second kappa shape index (κ2) is 4.45. The number of hydrogen-bond acceptors (Lipinski definition) is 3. The molecule has 70 valence electrons. The second-order valence-corrected chi connectivity index (χ2v) is 2.48. The maximum Gasteiger partial charge on any atom is 0.224 e. The highest BCUT2D eigenvalue weighted by atomic mass is 16.5. The molecule has 0 saturated carbocycles. The topological polar surface area (TPSA) is 44.1 Å². The largest absolute Gasteiger partial charge is 0.501 e. The number of aromatic nitrogens is 2. The van der Waals surface area contributed by atoms with Crippen molar-refractivity contribution in [1.82, 2.24) is 9.55 Å². The SMILES string of the molecule is CCO/C=C/C(=O)c1nccn1C. The molecule has 0 radical (unpaired) electrons. The molecule has 0 saturated heterocycles. The van der Waals surface area contributed by atoms with Gasteiger partial charge in [0.15, 0.2) is 5.82 Å². The molecule has 0 N–H and O–H groups in total. The Bertz CT molecular complexity index is 315. The molecule has 0 aliphatic rings. The van der Waals surface area contributed by atoms with Crippen LogP contribution in [0.5, 0.6) is 0 Å². The van der Waals surface area contributed by atoms with Crippen molar-refractivity contribution in [3.63, 3.8) is 0 Å². The molecule has 0 aromatic carbocycles. The van der Waals surface area contributed by atoms with Gasteiger partial charge in [-0.05, 0) is 6.92 Å². The van der Waals surface area contributed by atoms with E-state index in [1.54, 1.807) is 24.0 Å². The van der Waals surface area contributed by atoms with E-state index in [2.05, 4.69) is 4.98 Å². The van der Waals surface area contributed by atoms with Crippen molar-refractivity contribution in [2.75, 3.05) is 6.61 Å². The number of hydrogen-bond donors (Lipinski definition) is 0. The quantitative estimate of drug-likeness (QED) is 0.396. The van der Waals surface area contributed by atoms with Crippen molar-refractivity contribution in [2.45, 2.75) is 6.92 Å². The lowest BCUT2D eigenvalue weighted by Crippen LogP contribution is -2.04. The van der Waals surface area contributed by atoms with E-state index in [0.717, 1.165) is 0 Å². The van der Waals surface area contributed by atoms with Gasteiger partial charge in [-0.25, -0.2) is 4.98 Å². The zero-order valence-corrected chi connectivity index (χ0v) is 7.73. The van der Waals surface area contributed by atoms with Gasteiger partial charge in [0.2, 0.25) is 5.78 Å². The molecule has 0 atom stereocenters. The van der Waals surface area contributed by atoms with Gasteiger partial charge in [-0.1, -0.05) is 0 Å². The van der Waals surface area contributed by atoms with Gasteiger partial charge in [-0.15, -0.1) is 0 Å². The Balaban J connectivity index is 2.64. The van der Waals surface area contributed by atoms with Gasteiger partial charge in [-0.2, -0.15) is 0 Å². The summed E-state index contributed by atoms with van der Waals surface area (Å²) in [6.45, 7) is 2.42. The molecule has 1 aromatic heterocycles. The van der Waals surface area contributed by atoms with E-state index < -0.39 is 0 Å². The minimum atomic E-state index is -0.152. The van der Waals surface area contributed by atoms with E-state index in [0.29, 0.717) is 12.4 Å². The van der Waals surface area contributed by atoms with Gasteiger partial charge in [0, 0.05) is 25.5 Å². The first-order chi connectivity index (χ1) is 6.25. The molecule has 0 spiro atoms. The summed E-state index contributed by atoms with van der Waals surface area (Å²) in [4.78, 5) is 15.3. The molecular weight excluding hydrogens is 168 g/mol. The Morgan fingerprint density at radius 1 is 1.77 bits per heavy atom. The van der Waals surface area contributed by atoms with Crippen LogP contribution in [0.1, 0.15) is 17.5 Å². The molecule has 13 heavy (non-hydrogen) atoms. The third kappa shape index (κ3) is 2.43. The Hall–Kier alpha value is -1.58. The van der Waals surface area contributed by atoms with Gasteiger partial charge in [0.25, 0.3) is 0 Å². The van der Waals surface area contributed by atoms with Crippen LogP contribution in [0.3, 0.4) is 0 Å². The number of rotatable bonds is 4. The van der Waals surface area contributed by atoms with Gasteiger partial charge < -0.3 is 9.30 Å². The average molecular weight is 180 g/mol. The lowest BCUT2D eigenvalue weighted by molar-refractivity contribution is 0.103. The van der Waals surface area contributed by atoms with Crippen LogP contribution in [0.2, 0.25) is 0 Å². The van der Waals surface area contributed by atoms with Crippen molar-refractivity contribution < 1.29 is 9.53 Å². The van der Waals surface area contributed by atoms with Crippen molar-refractivity contribution >= 4 is 5.78 Å². The maximum atomic E-state index is 11.4. The summed E-state index contributed by atoms with van der Waals surface area (Å²) in [5.41, 5.74) is 0. The number of carbonyl (C=O) groups excluding carboxylic acids is 1. The van der Waals surface area contributed by atoms with Gasteiger partial charge in [0.1, 0.15) is 0 Å². The highest BCUT2D eigenvalue weighted by Gasteiger charge is 2.06.